The van der Waals surface area contributed by atoms with Gasteiger partial charge in [-0.15, -0.1) is 10.2 Å². The van der Waals surface area contributed by atoms with Gasteiger partial charge in [0, 0.05) is 19.9 Å². The van der Waals surface area contributed by atoms with Gasteiger partial charge in [-0.25, -0.2) is 9.69 Å². The molecule has 1 aromatic heterocycles. The molecule has 10 heteroatoms. The number of unbranched alkanes of at least 4 members (excludes halogenated alkanes) is 3. The molecule has 0 saturated carbocycles. The molecule has 2 amide bonds. The van der Waals surface area contributed by atoms with E-state index in [1.54, 1.807) is 7.05 Å². The Labute approximate surface area is 148 Å². The second-order valence-electron chi connectivity index (χ2n) is 5.66. The summed E-state index contributed by atoms with van der Waals surface area (Å²) in [5.74, 6) is 0.539. The van der Waals surface area contributed by atoms with Crippen molar-refractivity contribution >= 4 is 33.3 Å². The lowest BCUT2D eigenvalue weighted by Gasteiger charge is -2.19. The zero-order valence-electron chi connectivity index (χ0n) is 14.2. The van der Waals surface area contributed by atoms with Crippen LogP contribution in [0.15, 0.2) is 4.34 Å². The van der Waals surface area contributed by atoms with Gasteiger partial charge in [-0.05, 0) is 6.42 Å². The average Bonchev–Trinajstić information content (AvgIpc) is 3.12. The fraction of sp³-hybridized carbons (Fsp3) is 0.786. The molecule has 0 aromatic carbocycles. The van der Waals surface area contributed by atoms with Gasteiger partial charge in [-0.3, -0.25) is 4.21 Å². The predicted molar refractivity (Wildman–Crippen MR) is 92.6 cm³/mol. The fourth-order valence-corrected chi connectivity index (χ4v) is 4.72. The van der Waals surface area contributed by atoms with Crippen LogP contribution in [-0.4, -0.2) is 69.2 Å². The van der Waals surface area contributed by atoms with Crippen LogP contribution in [-0.2, 0) is 15.5 Å². The van der Waals surface area contributed by atoms with Crippen LogP contribution >= 0.6 is 11.3 Å². The van der Waals surface area contributed by atoms with E-state index in [-0.39, 0.29) is 17.8 Å². The van der Waals surface area contributed by atoms with Crippen molar-refractivity contribution < 1.29 is 18.8 Å². The van der Waals surface area contributed by atoms with Gasteiger partial charge in [-0.1, -0.05) is 37.5 Å². The van der Waals surface area contributed by atoms with Crippen molar-refractivity contribution in [1.29, 1.82) is 0 Å². The standard InChI is InChI=1S/C14H24N4O4S2/c1-4-5-6-7-8-24(21)13-16-15-12(23-13)18-11(19)10(9-22-3)17(2)14(18)20/h10-11,19H,4-9H2,1-3H3. The van der Waals surface area contributed by atoms with Crippen LogP contribution in [0.3, 0.4) is 0 Å². The van der Waals surface area contributed by atoms with Crippen molar-refractivity contribution in [3.05, 3.63) is 0 Å². The molecule has 3 unspecified atom stereocenters. The number of methoxy groups -OCH3 is 1. The topological polar surface area (TPSA) is 95.9 Å². The van der Waals surface area contributed by atoms with Crippen LogP contribution in [0.2, 0.25) is 0 Å². The van der Waals surface area contributed by atoms with Crippen LogP contribution in [0.25, 0.3) is 0 Å². The maximum atomic E-state index is 12.3. The first kappa shape index (κ1) is 19.2. The normalized spacial score (nSPS) is 22.4. The number of carbonyl (C=O) groups excluding carboxylic acids is 1. The summed E-state index contributed by atoms with van der Waals surface area (Å²) in [6, 6.07) is -0.852. The SMILES string of the molecule is CCCCCCS(=O)c1nnc(N2C(=O)N(C)C(COC)C2O)s1. The number of anilines is 1. The molecule has 1 fully saturated rings. The zero-order chi connectivity index (χ0) is 17.7. The Morgan fingerprint density at radius 1 is 1.33 bits per heavy atom. The molecule has 0 radical (unpaired) electrons. The summed E-state index contributed by atoms with van der Waals surface area (Å²) in [6.45, 7) is 2.34. The Bertz CT molecular complexity index is 583. The predicted octanol–water partition coefficient (Wildman–Crippen LogP) is 1.43. The monoisotopic (exact) mass is 376 g/mol. The summed E-state index contributed by atoms with van der Waals surface area (Å²) in [7, 11) is 1.89. The van der Waals surface area contributed by atoms with Crippen molar-refractivity contribution in [2.45, 2.75) is 49.2 Å². The first-order valence-corrected chi connectivity index (χ1v) is 10.1. The first-order valence-electron chi connectivity index (χ1n) is 7.96. The van der Waals surface area contributed by atoms with E-state index in [4.69, 9.17) is 4.74 Å². The van der Waals surface area contributed by atoms with Crippen LogP contribution in [0.5, 0.6) is 0 Å². The Kier molecular flexibility index (Phi) is 7.08. The third-order valence-electron chi connectivity index (χ3n) is 3.93. The molecule has 0 spiro atoms. The molecule has 2 heterocycles. The fourth-order valence-electron chi connectivity index (χ4n) is 2.50. The quantitative estimate of drug-likeness (QED) is 0.517. The third kappa shape index (κ3) is 4.11. The van der Waals surface area contributed by atoms with Gasteiger partial charge in [0.25, 0.3) is 0 Å². The summed E-state index contributed by atoms with van der Waals surface area (Å²) in [6.07, 6.45) is 3.10. The summed E-state index contributed by atoms with van der Waals surface area (Å²) >= 11 is 1.09. The summed E-state index contributed by atoms with van der Waals surface area (Å²) < 4.78 is 17.7. The highest BCUT2D eigenvalue weighted by molar-refractivity contribution is 7.87. The number of aliphatic hydroxyl groups excluding tert-OH is 1. The number of likely N-dealkylation sites (N-methyl/N-ethyl adjacent to an activating group) is 1. The Morgan fingerprint density at radius 3 is 2.75 bits per heavy atom. The van der Waals surface area contributed by atoms with E-state index in [2.05, 4.69) is 17.1 Å². The van der Waals surface area contributed by atoms with Crippen molar-refractivity contribution in [3.8, 4) is 0 Å². The van der Waals surface area contributed by atoms with E-state index in [0.29, 0.717) is 10.1 Å². The summed E-state index contributed by atoms with van der Waals surface area (Å²) in [4.78, 5) is 14.9. The van der Waals surface area contributed by atoms with Gasteiger partial charge >= 0.3 is 6.03 Å². The Hall–Kier alpha value is -1.10. The molecule has 136 valence electrons. The second kappa shape index (κ2) is 8.84. The number of urea groups is 1. The van der Waals surface area contributed by atoms with Gasteiger partial charge in [0.2, 0.25) is 9.47 Å². The number of nitrogens with zero attached hydrogens (tertiary/aromatic N) is 4. The highest BCUT2D eigenvalue weighted by Gasteiger charge is 2.45. The van der Waals surface area contributed by atoms with Crippen molar-refractivity contribution in [1.82, 2.24) is 15.1 Å². The van der Waals surface area contributed by atoms with E-state index in [9.17, 15) is 14.1 Å². The molecule has 8 nitrogen and oxygen atoms in total. The van der Waals surface area contributed by atoms with Gasteiger partial charge in [0.15, 0.2) is 6.23 Å². The van der Waals surface area contributed by atoms with Crippen LogP contribution in [0.1, 0.15) is 32.6 Å². The minimum absolute atomic E-state index is 0.217. The largest absolute Gasteiger partial charge is 0.382 e. The second-order valence-corrected chi connectivity index (χ2v) is 8.36. The Morgan fingerprint density at radius 2 is 2.08 bits per heavy atom. The highest BCUT2D eigenvalue weighted by atomic mass is 32.2. The Balaban J connectivity index is 2.04. The van der Waals surface area contributed by atoms with Gasteiger partial charge < -0.3 is 14.7 Å². The van der Waals surface area contributed by atoms with Gasteiger partial charge in [0.1, 0.15) is 6.04 Å². The van der Waals surface area contributed by atoms with E-state index in [0.717, 1.165) is 37.0 Å². The molecular formula is C14H24N4O4S2. The lowest BCUT2D eigenvalue weighted by atomic mass is 10.2. The summed E-state index contributed by atoms with van der Waals surface area (Å²) in [5, 5.41) is 18.5. The van der Waals surface area contributed by atoms with Crippen LogP contribution in [0, 0.1) is 0 Å². The van der Waals surface area contributed by atoms with E-state index >= 15 is 0 Å². The lowest BCUT2D eigenvalue weighted by Crippen LogP contribution is -2.39. The number of hydrogen-bond donors (Lipinski definition) is 1. The molecule has 3 atom stereocenters. The number of carbonyl (C=O) groups is 1. The van der Waals surface area contributed by atoms with E-state index < -0.39 is 23.1 Å². The van der Waals surface area contributed by atoms with E-state index in [1.165, 1.54) is 16.9 Å². The highest BCUT2D eigenvalue weighted by Crippen LogP contribution is 2.31. The molecule has 0 bridgehead atoms. The maximum Gasteiger partial charge on any atom is 0.328 e. The van der Waals surface area contributed by atoms with Crippen LogP contribution < -0.4 is 4.90 Å². The average molecular weight is 377 g/mol. The van der Waals surface area contributed by atoms with Gasteiger partial charge in [0.05, 0.1) is 17.4 Å². The number of ether oxygens (including phenoxy) is 1. The number of hydrogen-bond acceptors (Lipinski definition) is 7. The van der Waals surface area contributed by atoms with Crippen molar-refractivity contribution in [3.63, 3.8) is 0 Å². The maximum absolute atomic E-state index is 12.3. The molecule has 1 aliphatic rings. The van der Waals surface area contributed by atoms with Crippen LogP contribution in [0.4, 0.5) is 9.93 Å². The molecule has 1 N–H and O–H groups in total. The molecule has 1 saturated heterocycles. The number of rotatable bonds is 9. The van der Waals surface area contributed by atoms with Crippen molar-refractivity contribution in [2.75, 3.05) is 31.4 Å². The smallest absolute Gasteiger partial charge is 0.328 e. The molecule has 2 rings (SSSR count). The first-order chi connectivity index (χ1) is 11.5. The molecule has 0 aliphatic carbocycles. The number of amides is 2. The van der Waals surface area contributed by atoms with Gasteiger partial charge in [-0.2, -0.15) is 0 Å². The molecule has 1 aliphatic heterocycles. The minimum atomic E-state index is -1.22. The molecular weight excluding hydrogens is 352 g/mol. The zero-order valence-corrected chi connectivity index (χ0v) is 15.8. The summed E-state index contributed by atoms with van der Waals surface area (Å²) in [5.41, 5.74) is 0. The van der Waals surface area contributed by atoms with Crippen molar-refractivity contribution in [2.24, 2.45) is 0 Å². The van der Waals surface area contributed by atoms with E-state index in [1.807, 2.05) is 0 Å². The molecule has 24 heavy (non-hydrogen) atoms. The molecule has 1 aromatic rings. The third-order valence-corrected chi connectivity index (χ3v) is 6.59. The number of aromatic nitrogens is 2. The lowest BCUT2D eigenvalue weighted by molar-refractivity contribution is 0.0633. The minimum Gasteiger partial charge on any atom is -0.382 e. The number of aliphatic hydroxyl groups is 1.